The molecule has 8 nitrogen and oxygen atoms in total. The van der Waals surface area contributed by atoms with Crippen molar-refractivity contribution in [1.29, 1.82) is 5.41 Å². The maximum Gasteiger partial charge on any atom is 0.408 e. The molecule has 4 N–H and O–H groups in total. The summed E-state index contributed by atoms with van der Waals surface area (Å²) in [4.78, 5) is 30.6. The van der Waals surface area contributed by atoms with Gasteiger partial charge in [0.1, 0.15) is 12.4 Å². The molecular formula is C34H53N5O3. The van der Waals surface area contributed by atoms with Gasteiger partial charge in [0.15, 0.2) is 0 Å². The fourth-order valence-electron chi connectivity index (χ4n) is 5.06. The second kappa shape index (κ2) is 19.5. The summed E-state index contributed by atoms with van der Waals surface area (Å²) in [6.07, 6.45) is 18.9. The minimum Gasteiger partial charge on any atom is -0.445 e. The summed E-state index contributed by atoms with van der Waals surface area (Å²) in [5, 5.41) is 12.4. The van der Waals surface area contributed by atoms with Crippen molar-refractivity contribution in [2.24, 2.45) is 17.3 Å². The number of terminal acetylenes is 1. The van der Waals surface area contributed by atoms with Crippen LogP contribution in [0.3, 0.4) is 0 Å². The molecule has 1 aromatic carbocycles. The van der Waals surface area contributed by atoms with Crippen LogP contribution in [0.25, 0.3) is 0 Å². The van der Waals surface area contributed by atoms with Crippen LogP contribution in [-0.2, 0) is 16.1 Å². The number of H-pyrrole nitrogens is 1. The second-order valence-corrected chi connectivity index (χ2v) is 11.4. The van der Waals surface area contributed by atoms with Gasteiger partial charge in [-0.15, -0.1) is 12.8 Å². The smallest absolute Gasteiger partial charge is 0.408 e. The first-order chi connectivity index (χ1) is 20.2. The fraction of sp³-hybridized carbons (Fsp3) is 0.588. The van der Waals surface area contributed by atoms with E-state index in [0.717, 1.165) is 49.3 Å². The number of nitrogens with one attached hydrogen (secondary N) is 4. The number of carbonyl (C=O) groups excluding carboxylic acids is 2. The van der Waals surface area contributed by atoms with E-state index >= 15 is 0 Å². The molecule has 2 unspecified atom stereocenters. The second-order valence-electron chi connectivity index (χ2n) is 11.4. The van der Waals surface area contributed by atoms with Crippen LogP contribution in [0.15, 0.2) is 36.5 Å². The first kappa shape index (κ1) is 36.4. The topological polar surface area (TPSA) is 120 Å². The zero-order valence-corrected chi connectivity index (χ0v) is 26.6. The van der Waals surface area contributed by atoms with Crippen molar-refractivity contribution in [3.8, 4) is 12.8 Å². The maximum absolute atomic E-state index is 12.4. The Morgan fingerprint density at radius 2 is 1.71 bits per heavy atom. The molecule has 232 valence electrons. The van der Waals surface area contributed by atoms with E-state index < -0.39 is 0 Å². The fourth-order valence-corrected chi connectivity index (χ4v) is 5.06. The number of rotatable bonds is 5. The zero-order valence-electron chi connectivity index (χ0n) is 26.6. The maximum atomic E-state index is 12.4. The molecule has 2 saturated carbocycles. The molecular weight excluding hydrogens is 526 g/mol. The third-order valence-electron chi connectivity index (χ3n) is 7.58. The van der Waals surface area contributed by atoms with E-state index in [2.05, 4.69) is 40.4 Å². The molecule has 0 bridgehead atoms. The molecule has 3 aliphatic rings. The van der Waals surface area contributed by atoms with Gasteiger partial charge in [0.2, 0.25) is 5.91 Å². The number of imidazole rings is 1. The van der Waals surface area contributed by atoms with Crippen LogP contribution in [0.4, 0.5) is 4.79 Å². The summed E-state index contributed by atoms with van der Waals surface area (Å²) in [6.45, 7) is 12.8. The number of nitrogens with zero attached hydrogens (tertiary/aromatic N) is 1. The highest BCUT2D eigenvalue weighted by molar-refractivity contribution is 5.76. The highest BCUT2D eigenvalue weighted by atomic mass is 16.5. The SMILES string of the molecule is C#C.CC.CC(C)=N.CC1CCC(=O)NC1.Cc1ncc(C(NC(=O)OCc2ccccc2)C2CCC3(CC2)CC3)[nH]1. The monoisotopic (exact) mass is 579 g/mol. The van der Waals surface area contributed by atoms with Crippen LogP contribution in [0, 0.1) is 42.4 Å². The third-order valence-corrected chi connectivity index (χ3v) is 7.58. The average Bonchev–Trinajstić information content (AvgIpc) is 3.61. The Balaban J connectivity index is 0.000000457. The molecule has 42 heavy (non-hydrogen) atoms. The molecule has 2 heterocycles. The van der Waals surface area contributed by atoms with Gasteiger partial charge in [-0.2, -0.15) is 0 Å². The van der Waals surface area contributed by atoms with Crippen molar-refractivity contribution in [3.05, 3.63) is 53.6 Å². The van der Waals surface area contributed by atoms with Gasteiger partial charge >= 0.3 is 6.09 Å². The number of alkyl carbamates (subject to hydrolysis) is 1. The summed E-state index contributed by atoms with van der Waals surface area (Å²) >= 11 is 0. The van der Waals surface area contributed by atoms with Crippen LogP contribution in [-0.4, -0.2) is 34.2 Å². The zero-order chi connectivity index (χ0) is 31.5. The quantitative estimate of drug-likeness (QED) is 0.216. The van der Waals surface area contributed by atoms with Crippen LogP contribution < -0.4 is 10.6 Å². The van der Waals surface area contributed by atoms with Gasteiger partial charge in [0, 0.05) is 18.7 Å². The van der Waals surface area contributed by atoms with E-state index in [4.69, 9.17) is 10.1 Å². The number of aryl methyl sites for hydroxylation is 1. The predicted molar refractivity (Wildman–Crippen MR) is 171 cm³/mol. The number of aromatic nitrogens is 2. The lowest BCUT2D eigenvalue weighted by atomic mass is 9.76. The van der Waals surface area contributed by atoms with E-state index in [0.29, 0.717) is 23.0 Å². The Kier molecular flexibility index (Phi) is 16.9. The summed E-state index contributed by atoms with van der Waals surface area (Å²) in [6, 6.07) is 9.70. The minimum atomic E-state index is -0.363. The number of hydrogen-bond acceptors (Lipinski definition) is 5. The van der Waals surface area contributed by atoms with Crippen molar-refractivity contribution < 1.29 is 14.3 Å². The number of hydrogen-bond donors (Lipinski definition) is 4. The third kappa shape index (κ3) is 13.8. The minimum absolute atomic E-state index is 0.0597. The molecule has 2 aliphatic carbocycles. The van der Waals surface area contributed by atoms with Crippen LogP contribution in [0.5, 0.6) is 0 Å². The summed E-state index contributed by atoms with van der Waals surface area (Å²) in [7, 11) is 0. The number of piperidine rings is 1. The van der Waals surface area contributed by atoms with E-state index in [1.165, 1.54) is 25.7 Å². The lowest BCUT2D eigenvalue weighted by molar-refractivity contribution is -0.122. The van der Waals surface area contributed by atoms with E-state index in [9.17, 15) is 9.59 Å². The Morgan fingerprint density at radius 1 is 1.12 bits per heavy atom. The summed E-state index contributed by atoms with van der Waals surface area (Å²) in [5.41, 5.74) is 3.28. The molecule has 1 spiro atoms. The Labute approximate surface area is 253 Å². The molecule has 1 aliphatic heterocycles. The van der Waals surface area contributed by atoms with Crippen molar-refractivity contribution >= 4 is 17.7 Å². The van der Waals surface area contributed by atoms with Gasteiger partial charge < -0.3 is 25.8 Å². The normalized spacial score (nSPS) is 18.8. The Bertz CT molecular complexity index is 1070. The lowest BCUT2D eigenvalue weighted by Crippen LogP contribution is -2.36. The number of amides is 2. The van der Waals surface area contributed by atoms with E-state index in [1.54, 1.807) is 13.8 Å². The molecule has 2 aromatic rings. The molecule has 8 heteroatoms. The highest BCUT2D eigenvalue weighted by Gasteiger charge is 2.46. The van der Waals surface area contributed by atoms with Crippen LogP contribution >= 0.6 is 0 Å². The molecule has 1 saturated heterocycles. The molecule has 5 rings (SSSR count). The van der Waals surface area contributed by atoms with Gasteiger partial charge in [-0.05, 0) is 88.5 Å². The molecule has 2 atom stereocenters. The molecule has 1 aromatic heterocycles. The average molecular weight is 580 g/mol. The van der Waals surface area contributed by atoms with Crippen molar-refractivity contribution in [3.63, 3.8) is 0 Å². The Morgan fingerprint density at radius 3 is 2.17 bits per heavy atom. The first-order valence-corrected chi connectivity index (χ1v) is 15.3. The van der Waals surface area contributed by atoms with Gasteiger partial charge in [-0.25, -0.2) is 9.78 Å². The van der Waals surface area contributed by atoms with E-state index in [1.807, 2.05) is 57.3 Å². The van der Waals surface area contributed by atoms with Gasteiger partial charge in [-0.1, -0.05) is 51.1 Å². The highest BCUT2D eigenvalue weighted by Crippen LogP contribution is 2.58. The first-order valence-electron chi connectivity index (χ1n) is 15.3. The lowest BCUT2D eigenvalue weighted by Gasteiger charge is -2.33. The summed E-state index contributed by atoms with van der Waals surface area (Å²) in [5.74, 6) is 2.21. The van der Waals surface area contributed by atoms with Crippen LogP contribution in [0.2, 0.25) is 0 Å². The number of benzene rings is 1. The molecule has 2 amide bonds. The van der Waals surface area contributed by atoms with E-state index in [-0.39, 0.29) is 24.6 Å². The summed E-state index contributed by atoms with van der Waals surface area (Å²) < 4.78 is 5.45. The van der Waals surface area contributed by atoms with Gasteiger partial charge in [-0.3, -0.25) is 4.79 Å². The molecule has 3 fully saturated rings. The molecule has 0 radical (unpaired) electrons. The number of carbonyl (C=O) groups is 2. The number of ether oxygens (including phenoxy) is 1. The predicted octanol–water partition coefficient (Wildman–Crippen LogP) is 7.51. The van der Waals surface area contributed by atoms with Crippen molar-refractivity contribution in [2.75, 3.05) is 6.54 Å². The van der Waals surface area contributed by atoms with Crippen LogP contribution in [0.1, 0.15) is 109 Å². The number of aromatic amines is 1. The van der Waals surface area contributed by atoms with Crippen molar-refractivity contribution in [2.45, 2.75) is 106 Å². The van der Waals surface area contributed by atoms with Gasteiger partial charge in [0.05, 0.1) is 17.9 Å². The van der Waals surface area contributed by atoms with Crippen molar-refractivity contribution in [1.82, 2.24) is 20.6 Å². The van der Waals surface area contributed by atoms with Gasteiger partial charge in [0.25, 0.3) is 0 Å². The standard InChI is InChI=1S/C21H27N3O2.C6H11NO.C3H7N.C2H6.C2H2/c1-15-22-13-18(23-15)19(17-7-9-21(10-8-17)11-12-21)24-20(25)26-14-16-5-3-2-4-6-16;1-5-2-3-6(8)7-4-5;1-3(2)4;2*1-2/h2-6,13,17,19H,7-12,14H2,1H3,(H,22,23)(H,24,25);5H,2-4H2,1H3,(H,7,8);4H,1-2H3;1-2H3;1-2H. The Hall–Kier alpha value is -3.60. The largest absolute Gasteiger partial charge is 0.445 e.